The quantitative estimate of drug-likeness (QED) is 0.790. The van der Waals surface area contributed by atoms with Crippen molar-refractivity contribution >= 4 is 22.8 Å². The van der Waals surface area contributed by atoms with E-state index in [9.17, 15) is 0 Å². The van der Waals surface area contributed by atoms with E-state index in [1.165, 1.54) is 32.0 Å². The fraction of sp³-hybridized carbons (Fsp3) is 0.667. The number of fused-ring (bicyclic) bond motifs is 1. The van der Waals surface area contributed by atoms with Gasteiger partial charge in [0.05, 0.1) is 12.5 Å². The molecule has 0 aromatic carbocycles. The van der Waals surface area contributed by atoms with Gasteiger partial charge in [0.1, 0.15) is 12.2 Å². The third-order valence-corrected chi connectivity index (χ3v) is 4.51. The second kappa shape index (κ2) is 6.18. The molecule has 1 unspecified atom stereocenters. The summed E-state index contributed by atoms with van der Waals surface area (Å²) in [6, 6.07) is 0. The lowest BCUT2D eigenvalue weighted by Gasteiger charge is -2.13. The van der Waals surface area contributed by atoms with E-state index < -0.39 is 0 Å². The number of methoxy groups -OCH3 is 1. The summed E-state index contributed by atoms with van der Waals surface area (Å²) in [7, 11) is 1.60. The summed E-state index contributed by atoms with van der Waals surface area (Å²) in [4.78, 5) is 13.1. The molecule has 2 aromatic rings. The van der Waals surface area contributed by atoms with Gasteiger partial charge in [-0.05, 0) is 19.3 Å². The van der Waals surface area contributed by atoms with Crippen molar-refractivity contribution in [2.45, 2.75) is 50.9 Å². The van der Waals surface area contributed by atoms with Gasteiger partial charge in [-0.3, -0.25) is 0 Å². The summed E-state index contributed by atoms with van der Waals surface area (Å²) in [5.41, 5.74) is 1.52. The fourth-order valence-electron chi connectivity index (χ4n) is 3.22. The molecule has 21 heavy (non-hydrogen) atoms. The normalized spacial score (nSPS) is 17.5. The number of ether oxygens (including phenoxy) is 1. The van der Waals surface area contributed by atoms with Crippen LogP contribution in [0.4, 0.5) is 0 Å². The van der Waals surface area contributed by atoms with Crippen LogP contribution in [0.3, 0.4) is 0 Å². The summed E-state index contributed by atoms with van der Waals surface area (Å²) in [5, 5.41) is -0.160. The van der Waals surface area contributed by atoms with E-state index in [4.69, 9.17) is 16.3 Å². The molecule has 3 rings (SSSR count). The highest BCUT2D eigenvalue weighted by atomic mass is 35.5. The van der Waals surface area contributed by atoms with Crippen LogP contribution >= 0.6 is 11.6 Å². The fourth-order valence-corrected chi connectivity index (χ4v) is 3.38. The predicted octanol–water partition coefficient (Wildman–Crippen LogP) is 3.72. The molecular formula is C15H21ClN4O. The van der Waals surface area contributed by atoms with E-state index in [2.05, 4.69) is 19.5 Å². The zero-order chi connectivity index (χ0) is 14.8. The average molecular weight is 309 g/mol. The highest BCUT2D eigenvalue weighted by Crippen LogP contribution is 2.31. The molecule has 0 spiro atoms. The maximum Gasteiger partial charge on any atom is 0.245 e. The van der Waals surface area contributed by atoms with E-state index in [0.29, 0.717) is 11.4 Å². The lowest BCUT2D eigenvalue weighted by atomic mass is 10.0. The Labute approximate surface area is 129 Å². The van der Waals surface area contributed by atoms with Crippen molar-refractivity contribution < 1.29 is 4.74 Å². The summed E-state index contributed by atoms with van der Waals surface area (Å²) in [6.07, 6.45) is 8.10. The molecule has 0 bridgehead atoms. The second-order valence-electron chi connectivity index (χ2n) is 5.73. The van der Waals surface area contributed by atoms with Crippen LogP contribution in [0.1, 0.15) is 50.2 Å². The molecule has 1 aliphatic carbocycles. The first-order valence-electron chi connectivity index (χ1n) is 7.60. The number of aryl methyl sites for hydroxylation is 1. The van der Waals surface area contributed by atoms with Crippen LogP contribution in [0, 0.1) is 5.92 Å². The van der Waals surface area contributed by atoms with Gasteiger partial charge >= 0.3 is 0 Å². The van der Waals surface area contributed by atoms with Crippen LogP contribution in [0.2, 0.25) is 0 Å². The van der Waals surface area contributed by atoms with Crippen LogP contribution < -0.4 is 4.74 Å². The Morgan fingerprint density at radius 2 is 2.14 bits per heavy atom. The third kappa shape index (κ3) is 2.84. The van der Waals surface area contributed by atoms with Gasteiger partial charge in [0.25, 0.3) is 0 Å². The van der Waals surface area contributed by atoms with Gasteiger partial charge in [-0.1, -0.05) is 25.7 Å². The van der Waals surface area contributed by atoms with Crippen molar-refractivity contribution in [3.63, 3.8) is 0 Å². The van der Waals surface area contributed by atoms with Crippen LogP contribution in [0.5, 0.6) is 5.88 Å². The zero-order valence-electron chi connectivity index (χ0n) is 12.5. The highest BCUT2D eigenvalue weighted by Gasteiger charge is 2.21. The molecule has 0 N–H and O–H groups in total. The Kier molecular flexibility index (Phi) is 4.29. The summed E-state index contributed by atoms with van der Waals surface area (Å²) < 4.78 is 7.42. The number of alkyl halides is 1. The molecule has 2 heterocycles. The maximum atomic E-state index is 6.30. The Hall–Kier alpha value is -1.36. The Bertz CT molecular complexity index is 619. The Morgan fingerprint density at radius 1 is 1.38 bits per heavy atom. The van der Waals surface area contributed by atoms with Crippen LogP contribution in [-0.4, -0.2) is 26.6 Å². The van der Waals surface area contributed by atoms with Crippen LogP contribution in [0.25, 0.3) is 11.2 Å². The Balaban J connectivity index is 1.95. The summed E-state index contributed by atoms with van der Waals surface area (Å²) in [6.45, 7) is 2.85. The minimum Gasteiger partial charge on any atom is -0.479 e. The zero-order valence-corrected chi connectivity index (χ0v) is 13.3. The van der Waals surface area contributed by atoms with Crippen molar-refractivity contribution in [3.05, 3.63) is 12.2 Å². The van der Waals surface area contributed by atoms with E-state index in [0.717, 1.165) is 30.4 Å². The van der Waals surface area contributed by atoms with Crippen molar-refractivity contribution in [2.75, 3.05) is 7.11 Å². The summed E-state index contributed by atoms with van der Waals surface area (Å²) in [5.74, 6) is 2.19. The topological polar surface area (TPSA) is 52.8 Å². The van der Waals surface area contributed by atoms with Gasteiger partial charge < -0.3 is 9.30 Å². The monoisotopic (exact) mass is 308 g/mol. The Morgan fingerprint density at radius 3 is 2.81 bits per heavy atom. The molecule has 0 saturated heterocycles. The molecule has 1 aliphatic rings. The highest BCUT2D eigenvalue weighted by molar-refractivity contribution is 6.20. The molecule has 5 nitrogen and oxygen atoms in total. The number of hydrogen-bond acceptors (Lipinski definition) is 4. The molecule has 6 heteroatoms. The minimum absolute atomic E-state index is 0.160. The first kappa shape index (κ1) is 14.6. The van der Waals surface area contributed by atoms with Crippen LogP contribution in [0.15, 0.2) is 6.33 Å². The van der Waals surface area contributed by atoms with Crippen molar-refractivity contribution in [3.8, 4) is 5.88 Å². The number of halogens is 1. The molecule has 1 saturated carbocycles. The molecule has 1 fully saturated rings. The maximum absolute atomic E-state index is 6.30. The van der Waals surface area contributed by atoms with E-state index in [-0.39, 0.29) is 5.38 Å². The molecule has 1 atom stereocenters. The first-order chi connectivity index (χ1) is 10.2. The lowest BCUT2D eigenvalue weighted by Crippen LogP contribution is -2.08. The standard InChI is InChI=1S/C15H21ClN4O/c1-10(16)13-19-12-14(17-9-18-15(12)21-2)20(13)8-7-11-5-3-4-6-11/h9-11H,3-8H2,1-2H3. The SMILES string of the molecule is COc1ncnc2c1nc(C(C)Cl)n2CCC1CCCC1. The third-order valence-electron chi connectivity index (χ3n) is 4.31. The van der Waals surface area contributed by atoms with Crippen molar-refractivity contribution in [2.24, 2.45) is 5.92 Å². The van der Waals surface area contributed by atoms with Gasteiger partial charge in [0, 0.05) is 6.54 Å². The molecule has 0 amide bonds. The minimum atomic E-state index is -0.160. The van der Waals surface area contributed by atoms with E-state index in [1.54, 1.807) is 7.11 Å². The lowest BCUT2D eigenvalue weighted by molar-refractivity contribution is 0.401. The molecule has 0 radical (unpaired) electrons. The first-order valence-corrected chi connectivity index (χ1v) is 8.03. The molecule has 0 aliphatic heterocycles. The molecular weight excluding hydrogens is 288 g/mol. The summed E-state index contributed by atoms with van der Waals surface area (Å²) >= 11 is 6.30. The number of hydrogen-bond donors (Lipinski definition) is 0. The van der Waals surface area contributed by atoms with Gasteiger partial charge in [-0.25, -0.2) is 9.97 Å². The van der Waals surface area contributed by atoms with Gasteiger partial charge in [0.15, 0.2) is 11.2 Å². The molecule has 114 valence electrons. The molecule has 2 aromatic heterocycles. The van der Waals surface area contributed by atoms with Gasteiger partial charge in [-0.2, -0.15) is 4.98 Å². The van der Waals surface area contributed by atoms with Gasteiger partial charge in [-0.15, -0.1) is 11.6 Å². The van der Waals surface area contributed by atoms with Crippen molar-refractivity contribution in [1.82, 2.24) is 19.5 Å². The number of rotatable bonds is 5. The smallest absolute Gasteiger partial charge is 0.245 e. The van der Waals surface area contributed by atoms with Crippen LogP contribution in [-0.2, 0) is 6.54 Å². The second-order valence-corrected chi connectivity index (χ2v) is 6.39. The van der Waals surface area contributed by atoms with Crippen molar-refractivity contribution in [1.29, 1.82) is 0 Å². The predicted molar refractivity (Wildman–Crippen MR) is 82.7 cm³/mol. The van der Waals surface area contributed by atoms with E-state index in [1.807, 2.05) is 6.92 Å². The number of nitrogens with zero attached hydrogens (tertiary/aromatic N) is 4. The number of imidazole rings is 1. The average Bonchev–Trinajstić information content (AvgIpc) is 3.11. The largest absolute Gasteiger partial charge is 0.479 e. The van der Waals surface area contributed by atoms with Gasteiger partial charge in [0.2, 0.25) is 5.88 Å². The van der Waals surface area contributed by atoms with E-state index >= 15 is 0 Å². The number of aromatic nitrogens is 4.